The minimum Gasteiger partial charge on any atom is -0.548 e. The number of nitrogen functional groups attached to an aromatic ring is 1. The Kier molecular flexibility index (Phi) is 6.69. The molecule has 29 heavy (non-hydrogen) atoms. The number of fused-ring (bicyclic) bond motifs is 1. The number of anilines is 1. The van der Waals surface area contributed by atoms with Gasteiger partial charge in [-0.3, -0.25) is 9.59 Å². The number of hydrogen-bond acceptors (Lipinski definition) is 8. The molecule has 11 heteroatoms. The Bertz CT molecular complexity index is 981. The summed E-state index contributed by atoms with van der Waals surface area (Å²) in [6.07, 6.45) is 1.68. The number of aromatic nitrogens is 1. The number of nitrogens with one attached hydrogen (secondary N) is 1. The van der Waals surface area contributed by atoms with Gasteiger partial charge in [0.2, 0.25) is 5.91 Å². The van der Waals surface area contributed by atoms with E-state index in [4.69, 9.17) is 5.73 Å². The van der Waals surface area contributed by atoms with Gasteiger partial charge in [-0.2, -0.15) is 0 Å². The van der Waals surface area contributed by atoms with Crippen LogP contribution in [0, 0.1) is 0 Å². The van der Waals surface area contributed by atoms with Crippen LogP contribution in [0.1, 0.15) is 11.3 Å². The van der Waals surface area contributed by atoms with Crippen LogP contribution in [0.2, 0.25) is 0 Å². The topological polar surface area (TPSA) is 128 Å². The molecule has 2 aliphatic rings. The molecule has 3 atom stereocenters. The van der Waals surface area contributed by atoms with Gasteiger partial charge in [0.25, 0.3) is 5.91 Å². The number of thiazole rings is 1. The minimum absolute atomic E-state index is 0. The Hall–Kier alpha value is -1.85. The van der Waals surface area contributed by atoms with Gasteiger partial charge in [-0.1, -0.05) is 30.3 Å². The molecule has 3 heterocycles. The molecule has 0 saturated carbocycles. The fraction of sp³-hybridized carbons (Fsp3) is 0.222. The smallest absolute Gasteiger partial charge is 0.548 e. The number of nitrogens with zero attached hydrogens (tertiary/aromatic N) is 2. The second kappa shape index (κ2) is 8.88. The standard InChI is InChI=1S/C18H16N4O4S2.Na/c19-18-20-11(7-28-18)10(6-9-4-2-1-3-5-9)14(23)21-13-15(24)22-12(17(25)26)8-27-16(13)22;/h1-7,12-13,16H,8H2,(H2,19,20)(H,21,23)(H,25,26);/q;+1/p-1/b10-6-;/t12?,13?,16-;/m1./s1. The zero-order valence-corrected chi connectivity index (χ0v) is 19.0. The van der Waals surface area contributed by atoms with Crippen molar-refractivity contribution in [2.24, 2.45) is 0 Å². The summed E-state index contributed by atoms with van der Waals surface area (Å²) in [6, 6.07) is 7.52. The van der Waals surface area contributed by atoms with Gasteiger partial charge in [-0.25, -0.2) is 4.98 Å². The number of thioether (sulfide) groups is 1. The predicted octanol–water partition coefficient (Wildman–Crippen LogP) is -3.21. The van der Waals surface area contributed by atoms with Crippen LogP contribution in [0.4, 0.5) is 5.13 Å². The van der Waals surface area contributed by atoms with Crippen molar-refractivity contribution in [2.75, 3.05) is 11.5 Å². The number of rotatable bonds is 5. The first kappa shape index (κ1) is 21.8. The first-order valence-corrected chi connectivity index (χ1v) is 10.3. The zero-order valence-electron chi connectivity index (χ0n) is 15.4. The molecular formula is C18H15N4NaO4S2. The van der Waals surface area contributed by atoms with Crippen LogP contribution in [0.5, 0.6) is 0 Å². The Balaban J connectivity index is 0.00000240. The summed E-state index contributed by atoms with van der Waals surface area (Å²) in [5.41, 5.74) is 7.20. The van der Waals surface area contributed by atoms with Gasteiger partial charge in [0.15, 0.2) is 5.13 Å². The molecule has 2 aliphatic heterocycles. The van der Waals surface area contributed by atoms with E-state index in [0.29, 0.717) is 10.8 Å². The molecule has 8 nitrogen and oxygen atoms in total. The van der Waals surface area contributed by atoms with Crippen LogP contribution in [-0.4, -0.2) is 50.9 Å². The summed E-state index contributed by atoms with van der Waals surface area (Å²) >= 11 is 2.53. The van der Waals surface area contributed by atoms with Crippen LogP contribution >= 0.6 is 23.1 Å². The van der Waals surface area contributed by atoms with Crippen molar-refractivity contribution in [1.82, 2.24) is 15.2 Å². The third-order valence-electron chi connectivity index (χ3n) is 4.55. The largest absolute Gasteiger partial charge is 1.00 e. The molecule has 0 spiro atoms. The number of carbonyl (C=O) groups is 3. The molecule has 144 valence electrons. The maximum atomic E-state index is 12.9. The Morgan fingerprint density at radius 1 is 1.31 bits per heavy atom. The maximum absolute atomic E-state index is 12.9. The molecule has 2 amide bonds. The molecule has 2 aromatic rings. The van der Waals surface area contributed by atoms with Crippen molar-refractivity contribution in [3.8, 4) is 0 Å². The third-order valence-corrected chi connectivity index (χ3v) is 6.58. The molecule has 2 fully saturated rings. The summed E-state index contributed by atoms with van der Waals surface area (Å²) in [4.78, 5) is 41.9. The zero-order chi connectivity index (χ0) is 19.8. The van der Waals surface area contributed by atoms with Crippen LogP contribution in [0.15, 0.2) is 35.7 Å². The number of carboxylic acid groups (broad SMARTS) is 1. The fourth-order valence-electron chi connectivity index (χ4n) is 3.18. The molecule has 1 aromatic carbocycles. The molecule has 1 aromatic heterocycles. The Morgan fingerprint density at radius 2 is 2.03 bits per heavy atom. The number of carboxylic acids is 1. The molecule has 2 unspecified atom stereocenters. The second-order valence-electron chi connectivity index (χ2n) is 6.30. The number of benzene rings is 1. The second-order valence-corrected chi connectivity index (χ2v) is 8.33. The van der Waals surface area contributed by atoms with E-state index < -0.39 is 35.2 Å². The first-order chi connectivity index (χ1) is 13.5. The maximum Gasteiger partial charge on any atom is 1.00 e. The SMILES string of the molecule is Nc1nc(/C(=C/c2ccccc2)C(=O)NC2C(=O)N3C(C(=O)[O-])CS[C@H]23)cs1.[Na+]. The third kappa shape index (κ3) is 4.22. The van der Waals surface area contributed by atoms with E-state index in [0.717, 1.165) is 5.56 Å². The van der Waals surface area contributed by atoms with Crippen molar-refractivity contribution in [2.45, 2.75) is 17.5 Å². The van der Waals surface area contributed by atoms with E-state index in [1.165, 1.54) is 28.0 Å². The van der Waals surface area contributed by atoms with Crippen LogP contribution in [0.25, 0.3) is 11.6 Å². The average molecular weight is 438 g/mol. The predicted molar refractivity (Wildman–Crippen MR) is 105 cm³/mol. The van der Waals surface area contributed by atoms with Gasteiger partial charge in [0, 0.05) is 11.1 Å². The van der Waals surface area contributed by atoms with Gasteiger partial charge < -0.3 is 25.9 Å². The molecule has 2 saturated heterocycles. The summed E-state index contributed by atoms with van der Waals surface area (Å²) in [6.45, 7) is 0. The molecule has 0 bridgehead atoms. The van der Waals surface area contributed by atoms with Crippen molar-refractivity contribution >= 4 is 57.7 Å². The van der Waals surface area contributed by atoms with E-state index >= 15 is 0 Å². The molecule has 0 radical (unpaired) electrons. The number of amides is 2. The van der Waals surface area contributed by atoms with E-state index in [1.807, 2.05) is 30.3 Å². The van der Waals surface area contributed by atoms with Crippen LogP contribution < -0.4 is 45.7 Å². The van der Waals surface area contributed by atoms with E-state index in [2.05, 4.69) is 10.3 Å². The van der Waals surface area contributed by atoms with Gasteiger partial charge in [-0.15, -0.1) is 23.1 Å². The quantitative estimate of drug-likeness (QED) is 0.286. The molecule has 0 aliphatic carbocycles. The average Bonchev–Trinajstić information content (AvgIpc) is 3.29. The number of nitrogens with two attached hydrogens (primary N) is 1. The van der Waals surface area contributed by atoms with Crippen molar-refractivity contribution in [1.29, 1.82) is 0 Å². The van der Waals surface area contributed by atoms with Crippen LogP contribution in [-0.2, 0) is 14.4 Å². The molecule has 3 N–H and O–H groups in total. The van der Waals surface area contributed by atoms with Crippen molar-refractivity contribution in [3.05, 3.63) is 47.0 Å². The summed E-state index contributed by atoms with van der Waals surface area (Å²) in [7, 11) is 0. The molecular weight excluding hydrogens is 423 g/mol. The number of carbonyl (C=O) groups excluding carboxylic acids is 3. The van der Waals surface area contributed by atoms with E-state index in [9.17, 15) is 19.5 Å². The monoisotopic (exact) mass is 438 g/mol. The number of aliphatic carboxylic acids is 1. The Morgan fingerprint density at radius 3 is 2.66 bits per heavy atom. The van der Waals surface area contributed by atoms with Crippen molar-refractivity contribution in [3.63, 3.8) is 0 Å². The fourth-order valence-corrected chi connectivity index (χ4v) is 5.21. The Labute approximate surface area is 196 Å². The number of β-lactam (4-membered cyclic amide) rings is 1. The summed E-state index contributed by atoms with van der Waals surface area (Å²) in [5.74, 6) is -1.92. The van der Waals surface area contributed by atoms with Gasteiger partial charge in [0.05, 0.1) is 23.3 Å². The summed E-state index contributed by atoms with van der Waals surface area (Å²) in [5, 5.41) is 15.4. The van der Waals surface area contributed by atoms with Gasteiger partial charge in [0.1, 0.15) is 11.4 Å². The normalized spacial score (nSPS) is 23.0. The first-order valence-electron chi connectivity index (χ1n) is 8.39. The summed E-state index contributed by atoms with van der Waals surface area (Å²) < 4.78 is 0. The van der Waals surface area contributed by atoms with Gasteiger partial charge >= 0.3 is 29.6 Å². The van der Waals surface area contributed by atoms with Crippen molar-refractivity contribution < 1.29 is 49.0 Å². The van der Waals surface area contributed by atoms with Gasteiger partial charge in [-0.05, 0) is 11.6 Å². The minimum atomic E-state index is -1.28. The molecule has 4 rings (SSSR count). The van der Waals surface area contributed by atoms with E-state index in [1.54, 1.807) is 11.5 Å². The van der Waals surface area contributed by atoms with E-state index in [-0.39, 0.29) is 40.9 Å². The van der Waals surface area contributed by atoms with Crippen LogP contribution in [0.3, 0.4) is 0 Å². The number of hydrogen-bond donors (Lipinski definition) is 2.